The molecule has 0 saturated carbocycles. The molecule has 2 heteroatoms. The van der Waals surface area contributed by atoms with Gasteiger partial charge in [0.25, 0.3) is 0 Å². The van der Waals surface area contributed by atoms with Crippen LogP contribution in [0.2, 0.25) is 0 Å². The molecule has 92 valence electrons. The largest absolute Gasteiger partial charge is 0.313 e. The molecule has 0 amide bonds. The number of rotatable bonds is 8. The summed E-state index contributed by atoms with van der Waals surface area (Å²) in [5.74, 6) is 0.774. The van der Waals surface area contributed by atoms with Crippen molar-refractivity contribution in [2.75, 3.05) is 6.54 Å². The maximum atomic E-state index is 3.70. The predicted molar refractivity (Wildman–Crippen MR) is 74.2 cm³/mol. The van der Waals surface area contributed by atoms with Gasteiger partial charge in [-0.3, -0.25) is 0 Å². The van der Waals surface area contributed by atoms with E-state index >= 15 is 0 Å². The molecular weight excluding hydrogens is 214 g/mol. The molecule has 16 heavy (non-hydrogen) atoms. The van der Waals surface area contributed by atoms with Crippen molar-refractivity contribution in [2.24, 2.45) is 5.92 Å². The lowest BCUT2D eigenvalue weighted by Gasteiger charge is -2.24. The first-order valence-electron chi connectivity index (χ1n) is 6.52. The SMILES string of the molecule is CCCNC(Cc1ccsc1)C(C)CCC. The van der Waals surface area contributed by atoms with Crippen LogP contribution in [0, 0.1) is 5.92 Å². The molecule has 0 radical (unpaired) electrons. The van der Waals surface area contributed by atoms with Gasteiger partial charge in [0.15, 0.2) is 0 Å². The standard InChI is InChI=1S/C14H25NS/c1-4-6-12(3)14(15-8-5-2)10-13-7-9-16-11-13/h7,9,11-12,14-15H,4-6,8,10H2,1-3H3. The highest BCUT2D eigenvalue weighted by Gasteiger charge is 2.16. The van der Waals surface area contributed by atoms with Crippen molar-refractivity contribution in [3.63, 3.8) is 0 Å². The third-order valence-electron chi connectivity index (χ3n) is 3.12. The molecule has 0 spiro atoms. The van der Waals surface area contributed by atoms with Gasteiger partial charge in [-0.1, -0.05) is 27.2 Å². The van der Waals surface area contributed by atoms with Crippen LogP contribution in [0.25, 0.3) is 0 Å². The summed E-state index contributed by atoms with van der Waals surface area (Å²) in [6, 6.07) is 2.90. The summed E-state index contributed by atoms with van der Waals surface area (Å²) >= 11 is 1.80. The van der Waals surface area contributed by atoms with Crippen molar-refractivity contribution < 1.29 is 0 Å². The van der Waals surface area contributed by atoms with Gasteiger partial charge in [-0.25, -0.2) is 0 Å². The minimum atomic E-state index is 0.648. The molecule has 0 aliphatic carbocycles. The second kappa shape index (κ2) is 7.86. The third-order valence-corrected chi connectivity index (χ3v) is 3.86. The molecule has 0 aromatic carbocycles. The van der Waals surface area contributed by atoms with E-state index in [9.17, 15) is 0 Å². The minimum absolute atomic E-state index is 0.648. The van der Waals surface area contributed by atoms with E-state index in [2.05, 4.69) is 42.9 Å². The predicted octanol–water partition coefficient (Wildman–Crippen LogP) is 4.10. The fourth-order valence-electron chi connectivity index (χ4n) is 2.12. The average Bonchev–Trinajstić information content (AvgIpc) is 2.77. The van der Waals surface area contributed by atoms with Gasteiger partial charge in [-0.15, -0.1) is 0 Å². The summed E-state index contributed by atoms with van der Waals surface area (Å²) < 4.78 is 0. The normalized spacial score (nSPS) is 14.9. The highest BCUT2D eigenvalue weighted by molar-refractivity contribution is 7.07. The molecule has 1 heterocycles. The lowest BCUT2D eigenvalue weighted by Crippen LogP contribution is -2.37. The Morgan fingerprint density at radius 2 is 2.12 bits per heavy atom. The van der Waals surface area contributed by atoms with E-state index < -0.39 is 0 Å². The Labute approximate surface area is 104 Å². The van der Waals surface area contributed by atoms with Crippen LogP contribution in [0.5, 0.6) is 0 Å². The van der Waals surface area contributed by atoms with Crippen LogP contribution in [-0.2, 0) is 6.42 Å². The Morgan fingerprint density at radius 1 is 1.31 bits per heavy atom. The second-order valence-corrected chi connectivity index (χ2v) is 5.44. The van der Waals surface area contributed by atoms with Crippen LogP contribution in [-0.4, -0.2) is 12.6 Å². The first-order valence-corrected chi connectivity index (χ1v) is 7.46. The molecular formula is C14H25NS. The summed E-state index contributed by atoms with van der Waals surface area (Å²) in [4.78, 5) is 0. The van der Waals surface area contributed by atoms with E-state index in [1.165, 1.54) is 31.2 Å². The molecule has 0 aliphatic heterocycles. The fourth-order valence-corrected chi connectivity index (χ4v) is 2.81. The Balaban J connectivity index is 2.49. The number of hydrogen-bond donors (Lipinski definition) is 1. The first-order chi connectivity index (χ1) is 7.77. The second-order valence-electron chi connectivity index (χ2n) is 4.66. The van der Waals surface area contributed by atoms with Crippen molar-refractivity contribution >= 4 is 11.3 Å². The fraction of sp³-hybridized carbons (Fsp3) is 0.714. The van der Waals surface area contributed by atoms with E-state index in [0.29, 0.717) is 6.04 Å². The van der Waals surface area contributed by atoms with Crippen LogP contribution in [0.4, 0.5) is 0 Å². The molecule has 0 aliphatic rings. The van der Waals surface area contributed by atoms with Gasteiger partial charge >= 0.3 is 0 Å². The molecule has 1 nitrogen and oxygen atoms in total. The topological polar surface area (TPSA) is 12.0 Å². The Morgan fingerprint density at radius 3 is 2.69 bits per heavy atom. The lowest BCUT2D eigenvalue weighted by molar-refractivity contribution is 0.352. The van der Waals surface area contributed by atoms with Gasteiger partial charge in [0.2, 0.25) is 0 Å². The van der Waals surface area contributed by atoms with E-state index in [4.69, 9.17) is 0 Å². The molecule has 2 unspecified atom stereocenters. The summed E-state index contributed by atoms with van der Waals surface area (Å²) in [7, 11) is 0. The minimum Gasteiger partial charge on any atom is -0.313 e. The van der Waals surface area contributed by atoms with Crippen molar-refractivity contribution in [3.8, 4) is 0 Å². The molecule has 1 rings (SSSR count). The van der Waals surface area contributed by atoms with Gasteiger partial charge in [0.1, 0.15) is 0 Å². The van der Waals surface area contributed by atoms with Crippen LogP contribution in [0.1, 0.15) is 45.6 Å². The zero-order valence-corrected chi connectivity index (χ0v) is 11.6. The number of thiophene rings is 1. The molecule has 1 aromatic heterocycles. The van der Waals surface area contributed by atoms with Gasteiger partial charge in [0.05, 0.1) is 0 Å². The highest BCUT2D eigenvalue weighted by atomic mass is 32.1. The molecule has 1 N–H and O–H groups in total. The monoisotopic (exact) mass is 239 g/mol. The van der Waals surface area contributed by atoms with Gasteiger partial charge in [-0.2, -0.15) is 11.3 Å². The van der Waals surface area contributed by atoms with E-state index in [0.717, 1.165) is 12.5 Å². The van der Waals surface area contributed by atoms with Crippen LogP contribution in [0.3, 0.4) is 0 Å². The van der Waals surface area contributed by atoms with Crippen LogP contribution >= 0.6 is 11.3 Å². The van der Waals surface area contributed by atoms with E-state index in [-0.39, 0.29) is 0 Å². The van der Waals surface area contributed by atoms with Crippen molar-refractivity contribution in [3.05, 3.63) is 22.4 Å². The van der Waals surface area contributed by atoms with Gasteiger partial charge in [0, 0.05) is 6.04 Å². The average molecular weight is 239 g/mol. The van der Waals surface area contributed by atoms with Crippen molar-refractivity contribution in [1.29, 1.82) is 0 Å². The zero-order chi connectivity index (χ0) is 11.8. The van der Waals surface area contributed by atoms with E-state index in [1.807, 2.05) is 0 Å². The van der Waals surface area contributed by atoms with Crippen molar-refractivity contribution in [1.82, 2.24) is 5.32 Å². The first kappa shape index (κ1) is 13.7. The molecule has 0 saturated heterocycles. The summed E-state index contributed by atoms with van der Waals surface area (Å²) in [5.41, 5.74) is 1.49. The summed E-state index contributed by atoms with van der Waals surface area (Å²) in [5, 5.41) is 8.15. The van der Waals surface area contributed by atoms with Gasteiger partial charge in [-0.05, 0) is 54.1 Å². The maximum Gasteiger partial charge on any atom is 0.0133 e. The zero-order valence-electron chi connectivity index (χ0n) is 10.8. The maximum absolute atomic E-state index is 3.70. The molecule has 1 aromatic rings. The molecule has 0 bridgehead atoms. The van der Waals surface area contributed by atoms with E-state index in [1.54, 1.807) is 11.3 Å². The smallest absolute Gasteiger partial charge is 0.0133 e. The van der Waals surface area contributed by atoms with Crippen LogP contribution in [0.15, 0.2) is 16.8 Å². The Bertz CT molecular complexity index is 256. The Hall–Kier alpha value is -0.340. The van der Waals surface area contributed by atoms with Crippen LogP contribution < -0.4 is 5.32 Å². The number of nitrogens with one attached hydrogen (secondary N) is 1. The summed E-state index contributed by atoms with van der Waals surface area (Å²) in [6.45, 7) is 8.03. The lowest BCUT2D eigenvalue weighted by atomic mass is 9.92. The van der Waals surface area contributed by atoms with Crippen molar-refractivity contribution in [2.45, 2.75) is 52.5 Å². The highest BCUT2D eigenvalue weighted by Crippen LogP contribution is 2.17. The number of hydrogen-bond acceptors (Lipinski definition) is 2. The Kier molecular flexibility index (Phi) is 6.74. The quantitative estimate of drug-likeness (QED) is 0.720. The summed E-state index contributed by atoms with van der Waals surface area (Å²) in [6.07, 6.45) is 5.02. The van der Waals surface area contributed by atoms with Gasteiger partial charge < -0.3 is 5.32 Å². The third kappa shape index (κ3) is 4.67. The molecule has 2 atom stereocenters. The molecule has 0 fully saturated rings.